The van der Waals surface area contributed by atoms with Crippen LogP contribution in [0.3, 0.4) is 0 Å². The van der Waals surface area contributed by atoms with Crippen LogP contribution >= 0.6 is 11.8 Å². The second kappa shape index (κ2) is 7.51. The molecule has 3 nitrogen and oxygen atoms in total. The van der Waals surface area contributed by atoms with Gasteiger partial charge in [-0.25, -0.2) is 0 Å². The molecule has 0 bridgehead atoms. The number of benzene rings is 2. The minimum absolute atomic E-state index is 0.395. The molecule has 1 atom stereocenters. The Morgan fingerprint density at radius 3 is 2.48 bits per heavy atom. The molecule has 2 aromatic carbocycles. The van der Waals surface area contributed by atoms with E-state index in [1.54, 1.807) is 24.3 Å². The van der Waals surface area contributed by atoms with Gasteiger partial charge in [-0.2, -0.15) is 5.26 Å². The summed E-state index contributed by atoms with van der Waals surface area (Å²) in [6.45, 7) is 2.01. The van der Waals surface area contributed by atoms with Crippen molar-refractivity contribution in [2.24, 2.45) is 0 Å². The van der Waals surface area contributed by atoms with Gasteiger partial charge in [-0.15, -0.1) is 0 Å². The predicted octanol–water partition coefficient (Wildman–Crippen LogP) is 3.73. The second-order valence-electron chi connectivity index (χ2n) is 4.62. The van der Waals surface area contributed by atoms with Crippen LogP contribution in [0, 0.1) is 17.6 Å². The smallest absolute Gasteiger partial charge is 0.325 e. The molecular weight excluding hydrogens is 282 g/mol. The molecule has 0 N–H and O–H groups in total. The van der Waals surface area contributed by atoms with Crippen LogP contribution in [0.25, 0.3) is 0 Å². The summed E-state index contributed by atoms with van der Waals surface area (Å²) in [4.78, 5) is 12.2. The number of nitriles is 1. The summed E-state index contributed by atoms with van der Waals surface area (Å²) >= 11 is 0.934. The molecule has 0 aromatic heterocycles. The van der Waals surface area contributed by atoms with Crippen molar-refractivity contribution in [3.63, 3.8) is 0 Å². The number of rotatable bonds is 5. The number of aryl methyl sites for hydroxylation is 1. The maximum absolute atomic E-state index is 12.2. The molecule has 4 heteroatoms. The van der Waals surface area contributed by atoms with Crippen LogP contribution in [0.4, 0.5) is 0 Å². The van der Waals surface area contributed by atoms with Crippen molar-refractivity contribution in [1.82, 2.24) is 0 Å². The first-order valence-corrected chi connectivity index (χ1v) is 7.44. The summed E-state index contributed by atoms with van der Waals surface area (Å²) in [5, 5.41) is 10.3. The number of para-hydroxylation sites is 1. The average Bonchev–Trinajstić information content (AvgIpc) is 2.50. The molecule has 2 aromatic rings. The standard InChI is InChI=1S/C17H15NO2S/c1-13-7-9-14(10-8-13)11-16(21-12-18)17(19)20-15-5-3-2-4-6-15/h2-10,16H,11H2,1H3. The lowest BCUT2D eigenvalue weighted by molar-refractivity contribution is -0.133. The number of esters is 1. The first-order valence-electron chi connectivity index (χ1n) is 6.56. The molecule has 0 saturated carbocycles. The number of carbonyl (C=O) groups excluding carboxylic acids is 1. The third-order valence-corrected chi connectivity index (χ3v) is 3.71. The Labute approximate surface area is 128 Å². The van der Waals surface area contributed by atoms with Crippen molar-refractivity contribution in [2.45, 2.75) is 18.6 Å². The molecule has 0 amide bonds. The summed E-state index contributed by atoms with van der Waals surface area (Å²) in [7, 11) is 0. The highest BCUT2D eigenvalue weighted by Crippen LogP contribution is 2.19. The molecule has 0 heterocycles. The summed E-state index contributed by atoms with van der Waals surface area (Å²) in [5.74, 6) is 0.100. The maximum atomic E-state index is 12.2. The number of ether oxygens (including phenoxy) is 1. The van der Waals surface area contributed by atoms with E-state index >= 15 is 0 Å². The van der Waals surface area contributed by atoms with Gasteiger partial charge in [-0.1, -0.05) is 48.0 Å². The maximum Gasteiger partial charge on any atom is 0.325 e. The van der Waals surface area contributed by atoms with Gasteiger partial charge in [0.05, 0.1) is 0 Å². The first-order chi connectivity index (χ1) is 10.2. The van der Waals surface area contributed by atoms with Gasteiger partial charge in [0.1, 0.15) is 16.4 Å². The summed E-state index contributed by atoms with van der Waals surface area (Å²) in [6, 6.07) is 16.8. The number of hydrogen-bond acceptors (Lipinski definition) is 4. The number of thiocyanates is 1. The van der Waals surface area contributed by atoms with Crippen molar-refractivity contribution >= 4 is 17.7 Å². The minimum Gasteiger partial charge on any atom is -0.426 e. The Hall–Kier alpha value is -2.25. The Bertz CT molecular complexity index is 632. The van der Waals surface area contributed by atoms with Crippen molar-refractivity contribution in [1.29, 1.82) is 5.26 Å². The van der Waals surface area contributed by atoms with Gasteiger partial charge in [0.25, 0.3) is 0 Å². The van der Waals surface area contributed by atoms with E-state index < -0.39 is 11.2 Å². The highest BCUT2D eigenvalue weighted by Gasteiger charge is 2.22. The Morgan fingerprint density at radius 2 is 1.86 bits per heavy atom. The molecule has 2 rings (SSSR count). The zero-order valence-electron chi connectivity index (χ0n) is 11.7. The SMILES string of the molecule is Cc1ccc(CC(SC#N)C(=O)Oc2ccccc2)cc1. The molecule has 0 saturated heterocycles. The van der Waals surface area contributed by atoms with E-state index in [0.29, 0.717) is 12.2 Å². The minimum atomic E-state index is -0.530. The van der Waals surface area contributed by atoms with Gasteiger partial charge in [-0.3, -0.25) is 4.79 Å². The lowest BCUT2D eigenvalue weighted by Gasteiger charge is -2.12. The van der Waals surface area contributed by atoms with Crippen molar-refractivity contribution in [3.05, 3.63) is 65.7 Å². The zero-order valence-corrected chi connectivity index (χ0v) is 12.5. The first kappa shape index (κ1) is 15.1. The quantitative estimate of drug-likeness (QED) is 0.479. The molecule has 106 valence electrons. The molecule has 1 unspecified atom stereocenters. The van der Waals surface area contributed by atoms with Crippen LogP contribution in [0.1, 0.15) is 11.1 Å². The predicted molar refractivity (Wildman–Crippen MR) is 84.0 cm³/mol. The number of hydrogen-bond donors (Lipinski definition) is 0. The Morgan fingerprint density at radius 1 is 1.19 bits per heavy atom. The summed E-state index contributed by atoms with van der Waals surface area (Å²) in [5.41, 5.74) is 2.17. The van der Waals surface area contributed by atoms with Crippen LogP contribution in [-0.2, 0) is 11.2 Å². The lowest BCUT2D eigenvalue weighted by Crippen LogP contribution is -2.24. The van der Waals surface area contributed by atoms with Crippen LogP contribution in [0.2, 0.25) is 0 Å². The van der Waals surface area contributed by atoms with E-state index in [1.807, 2.05) is 42.7 Å². The fourth-order valence-corrected chi connectivity index (χ4v) is 2.39. The Kier molecular flexibility index (Phi) is 5.42. The zero-order chi connectivity index (χ0) is 15.1. The van der Waals surface area contributed by atoms with Gasteiger partial charge in [0, 0.05) is 0 Å². The number of nitrogens with zero attached hydrogens (tertiary/aromatic N) is 1. The molecular formula is C17H15NO2S. The average molecular weight is 297 g/mol. The topological polar surface area (TPSA) is 50.1 Å². The number of carbonyl (C=O) groups is 1. The fourth-order valence-electron chi connectivity index (χ4n) is 1.85. The van der Waals surface area contributed by atoms with Gasteiger partial charge >= 0.3 is 5.97 Å². The molecule has 0 aliphatic carbocycles. The molecule has 0 fully saturated rings. The number of thioether (sulfide) groups is 1. The van der Waals surface area contributed by atoms with E-state index in [1.165, 1.54) is 0 Å². The third kappa shape index (κ3) is 4.66. The molecule has 0 radical (unpaired) electrons. The fraction of sp³-hybridized carbons (Fsp3) is 0.176. The second-order valence-corrected chi connectivity index (χ2v) is 5.61. The van der Waals surface area contributed by atoms with Crippen molar-refractivity contribution in [2.75, 3.05) is 0 Å². The molecule has 21 heavy (non-hydrogen) atoms. The lowest BCUT2D eigenvalue weighted by atomic mass is 10.1. The van der Waals surface area contributed by atoms with Crippen molar-refractivity contribution in [3.8, 4) is 11.2 Å². The van der Waals surface area contributed by atoms with Gasteiger partial charge in [0.2, 0.25) is 0 Å². The highest BCUT2D eigenvalue weighted by molar-refractivity contribution is 8.04. The van der Waals surface area contributed by atoms with E-state index in [4.69, 9.17) is 10.00 Å². The van der Waals surface area contributed by atoms with E-state index in [9.17, 15) is 4.79 Å². The largest absolute Gasteiger partial charge is 0.426 e. The van der Waals surface area contributed by atoms with Crippen LogP contribution in [0.5, 0.6) is 5.75 Å². The third-order valence-electron chi connectivity index (χ3n) is 2.96. The van der Waals surface area contributed by atoms with Gasteiger partial charge in [0.15, 0.2) is 0 Å². The normalized spacial score (nSPS) is 11.4. The van der Waals surface area contributed by atoms with Crippen LogP contribution in [0.15, 0.2) is 54.6 Å². The van der Waals surface area contributed by atoms with Crippen molar-refractivity contribution < 1.29 is 9.53 Å². The van der Waals surface area contributed by atoms with Crippen LogP contribution in [-0.4, -0.2) is 11.2 Å². The van der Waals surface area contributed by atoms with Gasteiger partial charge < -0.3 is 4.74 Å². The molecule has 0 spiro atoms. The van der Waals surface area contributed by atoms with Crippen LogP contribution < -0.4 is 4.74 Å². The summed E-state index contributed by atoms with van der Waals surface area (Å²) < 4.78 is 5.31. The van der Waals surface area contributed by atoms with Gasteiger partial charge in [-0.05, 0) is 42.8 Å². The van der Waals surface area contributed by atoms with E-state index in [-0.39, 0.29) is 0 Å². The monoisotopic (exact) mass is 297 g/mol. The molecule has 0 aliphatic rings. The molecule has 0 aliphatic heterocycles. The Balaban J connectivity index is 2.06. The van der Waals surface area contributed by atoms with E-state index in [0.717, 1.165) is 22.9 Å². The highest BCUT2D eigenvalue weighted by atomic mass is 32.2. The van der Waals surface area contributed by atoms with E-state index in [2.05, 4.69) is 0 Å². The summed E-state index contributed by atoms with van der Waals surface area (Å²) in [6.07, 6.45) is 0.476.